The summed E-state index contributed by atoms with van der Waals surface area (Å²) in [6, 6.07) is 9.98. The molecule has 2 unspecified atom stereocenters. The van der Waals surface area contributed by atoms with Crippen LogP contribution in [0.1, 0.15) is 6.42 Å². The molecule has 6 nitrogen and oxygen atoms in total. The van der Waals surface area contributed by atoms with E-state index in [1.54, 1.807) is 12.4 Å². The maximum absolute atomic E-state index is 14.1. The molecule has 1 saturated heterocycles. The third-order valence-corrected chi connectivity index (χ3v) is 4.97. The largest absolute Gasteiger partial charge is 0.388 e. The van der Waals surface area contributed by atoms with Crippen LogP contribution >= 0.6 is 0 Å². The number of alkyl halides is 1. The lowest BCUT2D eigenvalue weighted by Gasteiger charge is -2.27. The number of rotatable bonds is 5. The van der Waals surface area contributed by atoms with Crippen molar-refractivity contribution in [3.8, 4) is 11.3 Å². The number of hydrogen-bond acceptors (Lipinski definition) is 6. The molecule has 1 aromatic carbocycles. The first-order valence-corrected chi connectivity index (χ1v) is 9.23. The van der Waals surface area contributed by atoms with Gasteiger partial charge < -0.3 is 16.0 Å². The Morgan fingerprint density at radius 3 is 2.78 bits per heavy atom. The maximum Gasteiger partial charge on any atom is 0.154 e. The van der Waals surface area contributed by atoms with E-state index < -0.39 is 6.17 Å². The molecule has 0 aliphatic carbocycles. The second kappa shape index (κ2) is 7.84. The first-order chi connectivity index (χ1) is 13.2. The van der Waals surface area contributed by atoms with Gasteiger partial charge in [-0.15, -0.1) is 0 Å². The summed E-state index contributed by atoms with van der Waals surface area (Å²) >= 11 is 0. The van der Waals surface area contributed by atoms with E-state index >= 15 is 0 Å². The number of halogens is 1. The quantitative estimate of drug-likeness (QED) is 0.644. The number of piperidine rings is 1. The zero-order valence-electron chi connectivity index (χ0n) is 15.2. The zero-order valence-corrected chi connectivity index (χ0v) is 15.2. The third kappa shape index (κ3) is 3.83. The van der Waals surface area contributed by atoms with Crippen molar-refractivity contribution in [2.24, 2.45) is 5.92 Å². The Morgan fingerprint density at radius 2 is 2.00 bits per heavy atom. The summed E-state index contributed by atoms with van der Waals surface area (Å²) in [7, 11) is 1.89. The van der Waals surface area contributed by atoms with Crippen LogP contribution in [-0.4, -0.2) is 47.8 Å². The Hall–Kier alpha value is -2.80. The van der Waals surface area contributed by atoms with Gasteiger partial charge in [0.1, 0.15) is 11.7 Å². The normalized spacial score (nSPS) is 19.8. The lowest BCUT2D eigenvalue weighted by atomic mass is 9.97. The molecule has 3 aromatic rings. The second-order valence-electron chi connectivity index (χ2n) is 6.76. The molecular weight excluding hydrogens is 343 g/mol. The molecule has 2 aromatic heterocycles. The van der Waals surface area contributed by atoms with Crippen molar-refractivity contribution in [3.63, 3.8) is 0 Å². The van der Waals surface area contributed by atoms with Crippen molar-refractivity contribution in [2.45, 2.75) is 12.6 Å². The van der Waals surface area contributed by atoms with Crippen molar-refractivity contribution in [1.29, 1.82) is 0 Å². The Labute approximate surface area is 157 Å². The maximum atomic E-state index is 14.1. The number of nitrogens with one attached hydrogen (secondary N) is 3. The van der Waals surface area contributed by atoms with Crippen LogP contribution in [0.4, 0.5) is 15.9 Å². The predicted molar refractivity (Wildman–Crippen MR) is 107 cm³/mol. The first-order valence-electron chi connectivity index (χ1n) is 9.23. The number of nitrogens with zero attached hydrogens (tertiary/aromatic N) is 3. The highest BCUT2D eigenvalue weighted by atomic mass is 19.1. The molecule has 0 saturated carbocycles. The van der Waals surface area contributed by atoms with E-state index in [2.05, 4.69) is 25.9 Å². The highest BCUT2D eigenvalue weighted by molar-refractivity contribution is 5.88. The van der Waals surface area contributed by atoms with Crippen molar-refractivity contribution in [2.75, 3.05) is 37.3 Å². The minimum absolute atomic E-state index is 0.0779. The van der Waals surface area contributed by atoms with E-state index in [1.807, 2.05) is 37.4 Å². The number of pyridine rings is 1. The summed E-state index contributed by atoms with van der Waals surface area (Å²) in [6.45, 7) is 1.92. The van der Waals surface area contributed by atoms with Crippen LogP contribution in [0.5, 0.6) is 0 Å². The molecule has 7 heteroatoms. The fourth-order valence-corrected chi connectivity index (χ4v) is 3.37. The predicted octanol–water partition coefficient (Wildman–Crippen LogP) is 3.09. The van der Waals surface area contributed by atoms with Crippen molar-refractivity contribution in [1.82, 2.24) is 20.3 Å². The highest BCUT2D eigenvalue weighted by Crippen LogP contribution is 2.27. The second-order valence-corrected chi connectivity index (χ2v) is 6.76. The topological polar surface area (TPSA) is 74.8 Å². The van der Waals surface area contributed by atoms with E-state index in [-0.39, 0.29) is 5.92 Å². The minimum Gasteiger partial charge on any atom is -0.388 e. The molecule has 3 heterocycles. The van der Waals surface area contributed by atoms with Gasteiger partial charge in [0.25, 0.3) is 0 Å². The molecule has 1 aliphatic heterocycles. The standard InChI is InChI=1S/C20H23FN6/c1-22-15-4-2-13(3-5-15)17-10-18-19(25-9-8-24-18)20(27-17)26-12-14-11-23-7-6-16(14)21/h2-5,8-10,14,16,22-23H,6-7,11-12H2,1H3,(H,26,27). The minimum atomic E-state index is -0.798. The fraction of sp³-hybridized carbons (Fsp3) is 0.350. The van der Waals surface area contributed by atoms with Crippen molar-refractivity contribution in [3.05, 3.63) is 42.7 Å². The molecule has 1 aliphatic rings. The van der Waals surface area contributed by atoms with Crippen LogP contribution in [-0.2, 0) is 0 Å². The van der Waals surface area contributed by atoms with Gasteiger partial charge in [0.15, 0.2) is 5.82 Å². The molecule has 0 radical (unpaired) electrons. The Bertz CT molecular complexity index is 914. The molecule has 27 heavy (non-hydrogen) atoms. The molecule has 0 bridgehead atoms. The number of fused-ring (bicyclic) bond motifs is 1. The first kappa shape index (κ1) is 17.6. The number of anilines is 2. The monoisotopic (exact) mass is 366 g/mol. The van der Waals surface area contributed by atoms with Gasteiger partial charge >= 0.3 is 0 Å². The van der Waals surface area contributed by atoms with Crippen LogP contribution in [0.2, 0.25) is 0 Å². The van der Waals surface area contributed by atoms with E-state index in [0.717, 1.165) is 29.0 Å². The third-order valence-electron chi connectivity index (χ3n) is 4.97. The summed E-state index contributed by atoms with van der Waals surface area (Å²) in [5.74, 6) is 0.567. The zero-order chi connectivity index (χ0) is 18.6. The van der Waals surface area contributed by atoms with Crippen LogP contribution in [0, 0.1) is 5.92 Å². The van der Waals surface area contributed by atoms with Gasteiger partial charge in [-0.25, -0.2) is 14.4 Å². The van der Waals surface area contributed by atoms with E-state index in [0.29, 0.717) is 30.8 Å². The molecule has 140 valence electrons. The van der Waals surface area contributed by atoms with Gasteiger partial charge in [0.05, 0.1) is 11.2 Å². The van der Waals surface area contributed by atoms with Crippen LogP contribution in [0.3, 0.4) is 0 Å². The van der Waals surface area contributed by atoms with Gasteiger partial charge in [0, 0.05) is 49.7 Å². The van der Waals surface area contributed by atoms with Crippen LogP contribution in [0.25, 0.3) is 22.3 Å². The molecule has 0 amide bonds. The molecule has 3 N–H and O–H groups in total. The lowest BCUT2D eigenvalue weighted by molar-refractivity contribution is 0.187. The van der Waals surface area contributed by atoms with Gasteiger partial charge in [0.2, 0.25) is 0 Å². The SMILES string of the molecule is CNc1ccc(-c2cc3nccnc3c(NCC3CNCCC3F)n2)cc1. The smallest absolute Gasteiger partial charge is 0.154 e. The molecular formula is C20H23FN6. The average molecular weight is 366 g/mol. The number of aromatic nitrogens is 3. The average Bonchev–Trinajstić information content (AvgIpc) is 2.73. The summed E-state index contributed by atoms with van der Waals surface area (Å²) in [5, 5.41) is 9.68. The highest BCUT2D eigenvalue weighted by Gasteiger charge is 2.24. The summed E-state index contributed by atoms with van der Waals surface area (Å²) < 4.78 is 14.1. The Kier molecular flexibility index (Phi) is 5.11. The van der Waals surface area contributed by atoms with Crippen molar-refractivity contribution >= 4 is 22.5 Å². The van der Waals surface area contributed by atoms with E-state index in [4.69, 9.17) is 4.98 Å². The summed E-state index contributed by atoms with van der Waals surface area (Å²) in [6.07, 6.45) is 3.07. The molecule has 4 rings (SSSR count). The van der Waals surface area contributed by atoms with Crippen molar-refractivity contribution < 1.29 is 4.39 Å². The number of hydrogen-bond donors (Lipinski definition) is 3. The summed E-state index contributed by atoms with van der Waals surface area (Å²) in [5.41, 5.74) is 4.31. The summed E-state index contributed by atoms with van der Waals surface area (Å²) in [4.78, 5) is 13.6. The van der Waals surface area contributed by atoms with E-state index in [9.17, 15) is 4.39 Å². The van der Waals surface area contributed by atoms with Gasteiger partial charge in [-0.2, -0.15) is 0 Å². The fourth-order valence-electron chi connectivity index (χ4n) is 3.37. The van der Waals surface area contributed by atoms with Crippen LogP contribution in [0.15, 0.2) is 42.7 Å². The Morgan fingerprint density at radius 1 is 1.19 bits per heavy atom. The lowest BCUT2D eigenvalue weighted by Crippen LogP contribution is -2.41. The van der Waals surface area contributed by atoms with Crippen LogP contribution < -0.4 is 16.0 Å². The Balaban J connectivity index is 1.65. The number of benzene rings is 1. The van der Waals surface area contributed by atoms with Gasteiger partial charge in [-0.3, -0.25) is 4.98 Å². The molecule has 0 spiro atoms. The molecule has 1 fully saturated rings. The van der Waals surface area contributed by atoms with Gasteiger partial charge in [-0.05, 0) is 31.2 Å². The molecule has 2 atom stereocenters. The van der Waals surface area contributed by atoms with E-state index in [1.165, 1.54) is 0 Å². The van der Waals surface area contributed by atoms with Gasteiger partial charge in [-0.1, -0.05) is 12.1 Å².